The SMILES string of the molecule is [Ir].[c-]1ccc2c(oc3cc4ccccc4cc32)c1-c1nc2cccc3c4ccccc4c4ccccc4c4ccccc4n1c23.[c-]1ccccc1-c1ccccn1. The topological polar surface area (TPSA) is 43.3 Å². The summed E-state index contributed by atoms with van der Waals surface area (Å²) in [7, 11) is 0. The average Bonchev–Trinajstić information content (AvgIpc) is 3.85. The van der Waals surface area contributed by atoms with Crippen molar-refractivity contribution in [3.63, 3.8) is 0 Å². The fourth-order valence-electron chi connectivity index (χ4n) is 8.22. The first-order valence-electron chi connectivity index (χ1n) is 18.7. The standard InChI is InChI=1S/C41H23N2O.C11H8N.Ir/c1-2-12-26-24-38-35(23-25(26)11-1)33-19-9-20-34(40(33)44-38)41-42-36-21-10-18-32-30-16-6-4-14-28(30)27-13-3-5-15-29(27)31-17-7-8-22-37(31)43(41)39(32)36;1-2-6-10(7-3-1)11-8-4-5-9-12-11;/h1-19,21-24H;1-6,8-9H;/q2*-1;. The summed E-state index contributed by atoms with van der Waals surface area (Å²) in [5, 5.41) is 11.6. The summed E-state index contributed by atoms with van der Waals surface area (Å²) in [6.45, 7) is 0. The summed E-state index contributed by atoms with van der Waals surface area (Å²) in [6, 6.07) is 69.8. The Balaban J connectivity index is 0.000000262. The van der Waals surface area contributed by atoms with Crippen LogP contribution in [0.1, 0.15) is 0 Å². The van der Waals surface area contributed by atoms with Crippen molar-refractivity contribution in [2.75, 3.05) is 0 Å². The Morgan fingerprint density at radius 1 is 0.491 bits per heavy atom. The van der Waals surface area contributed by atoms with Crippen LogP contribution >= 0.6 is 0 Å². The van der Waals surface area contributed by atoms with E-state index in [2.05, 4.69) is 155 Å². The molecule has 0 saturated carbocycles. The van der Waals surface area contributed by atoms with Gasteiger partial charge in [0.15, 0.2) is 0 Å². The predicted octanol–water partition coefficient (Wildman–Crippen LogP) is 13.6. The maximum Gasteiger partial charge on any atom is 0.121 e. The van der Waals surface area contributed by atoms with Gasteiger partial charge in [0, 0.05) is 48.0 Å². The van der Waals surface area contributed by atoms with Crippen LogP contribution in [0.25, 0.3) is 104 Å². The van der Waals surface area contributed by atoms with E-state index in [9.17, 15) is 0 Å². The molecule has 0 spiro atoms. The third-order valence-corrected chi connectivity index (χ3v) is 10.7. The van der Waals surface area contributed by atoms with Crippen LogP contribution < -0.4 is 0 Å². The number of hydrogen-bond donors (Lipinski definition) is 0. The van der Waals surface area contributed by atoms with Crippen molar-refractivity contribution in [3.05, 3.63) is 200 Å². The Kier molecular flexibility index (Phi) is 8.67. The molecule has 12 aromatic rings. The number of para-hydroxylation sites is 2. The molecule has 12 rings (SSSR count). The Bertz CT molecular complexity index is 3440. The molecule has 8 aromatic carbocycles. The van der Waals surface area contributed by atoms with Crippen LogP contribution in [-0.2, 0) is 20.1 Å². The van der Waals surface area contributed by atoms with Gasteiger partial charge in [0.1, 0.15) is 5.58 Å². The first-order chi connectivity index (χ1) is 27.8. The number of furan rings is 1. The maximum absolute atomic E-state index is 6.69. The van der Waals surface area contributed by atoms with E-state index >= 15 is 0 Å². The second kappa shape index (κ2) is 14.3. The van der Waals surface area contributed by atoms with Crippen molar-refractivity contribution >= 4 is 81.6 Å². The summed E-state index contributed by atoms with van der Waals surface area (Å²) < 4.78 is 9.01. The molecule has 0 aliphatic rings. The average molecular weight is 906 g/mol. The van der Waals surface area contributed by atoms with Crippen molar-refractivity contribution in [2.45, 2.75) is 0 Å². The second-order valence-electron chi connectivity index (χ2n) is 13.9. The molecule has 0 N–H and O–H groups in total. The number of pyridine rings is 1. The van der Waals surface area contributed by atoms with E-state index < -0.39 is 0 Å². The van der Waals surface area contributed by atoms with Crippen LogP contribution in [0.15, 0.2) is 193 Å². The van der Waals surface area contributed by atoms with Gasteiger partial charge in [-0.3, -0.25) is 4.98 Å². The normalized spacial score (nSPS) is 11.4. The predicted molar refractivity (Wildman–Crippen MR) is 232 cm³/mol. The first kappa shape index (κ1) is 34.6. The molecule has 5 heteroatoms. The fraction of sp³-hybridized carbons (Fsp3) is 0. The summed E-state index contributed by atoms with van der Waals surface area (Å²) in [4.78, 5) is 9.56. The number of benzene rings is 8. The summed E-state index contributed by atoms with van der Waals surface area (Å²) in [6.07, 6.45) is 1.79. The van der Waals surface area contributed by atoms with Gasteiger partial charge in [0.05, 0.1) is 22.4 Å². The van der Waals surface area contributed by atoms with E-state index in [-0.39, 0.29) is 20.1 Å². The monoisotopic (exact) mass is 906 g/mol. The van der Waals surface area contributed by atoms with Crippen LogP contribution in [0.4, 0.5) is 0 Å². The Morgan fingerprint density at radius 2 is 1.14 bits per heavy atom. The van der Waals surface area contributed by atoms with Gasteiger partial charge in [-0.15, -0.1) is 54.1 Å². The molecule has 0 bridgehead atoms. The van der Waals surface area contributed by atoms with E-state index in [1.54, 1.807) is 6.20 Å². The zero-order chi connectivity index (χ0) is 37.0. The molecule has 4 heterocycles. The van der Waals surface area contributed by atoms with Gasteiger partial charge >= 0.3 is 0 Å². The maximum atomic E-state index is 6.69. The van der Waals surface area contributed by atoms with E-state index in [1.165, 1.54) is 26.9 Å². The molecule has 0 fully saturated rings. The van der Waals surface area contributed by atoms with Crippen molar-refractivity contribution in [2.24, 2.45) is 0 Å². The molecule has 0 aliphatic carbocycles. The summed E-state index contributed by atoms with van der Waals surface area (Å²) in [5.74, 6) is 0.811. The molecule has 4 nitrogen and oxygen atoms in total. The minimum atomic E-state index is 0. The Labute approximate surface area is 341 Å². The molecule has 0 amide bonds. The van der Waals surface area contributed by atoms with E-state index in [4.69, 9.17) is 9.40 Å². The number of nitrogens with zero attached hydrogens (tertiary/aromatic N) is 3. The molecule has 0 unspecified atom stereocenters. The molecule has 4 aromatic heterocycles. The number of imidazole rings is 1. The van der Waals surface area contributed by atoms with E-state index in [1.807, 2.05) is 48.5 Å². The van der Waals surface area contributed by atoms with Gasteiger partial charge in [0.2, 0.25) is 0 Å². The number of rotatable bonds is 2. The van der Waals surface area contributed by atoms with Crippen LogP contribution in [-0.4, -0.2) is 14.4 Å². The van der Waals surface area contributed by atoms with Gasteiger partial charge < -0.3 is 13.8 Å². The molecule has 271 valence electrons. The number of aromatic nitrogens is 3. The largest absolute Gasteiger partial charge is 0.501 e. The molecule has 1 radical (unpaired) electrons. The smallest absolute Gasteiger partial charge is 0.121 e. The van der Waals surface area contributed by atoms with Crippen LogP contribution in [0.5, 0.6) is 0 Å². The van der Waals surface area contributed by atoms with Gasteiger partial charge in [-0.25, -0.2) is 0 Å². The molecule has 57 heavy (non-hydrogen) atoms. The van der Waals surface area contributed by atoms with Crippen molar-refractivity contribution in [1.82, 2.24) is 14.4 Å². The summed E-state index contributed by atoms with van der Waals surface area (Å²) >= 11 is 0. The minimum Gasteiger partial charge on any atom is -0.501 e. The zero-order valence-corrected chi connectivity index (χ0v) is 32.9. The molecule has 0 aliphatic heterocycles. The van der Waals surface area contributed by atoms with Crippen LogP contribution in [0.2, 0.25) is 0 Å². The molecule has 0 saturated heterocycles. The Morgan fingerprint density at radius 3 is 1.88 bits per heavy atom. The minimum absolute atomic E-state index is 0. The third kappa shape index (κ3) is 5.79. The number of fused-ring (bicyclic) bond motifs is 11. The quantitative estimate of drug-likeness (QED) is 0.162. The van der Waals surface area contributed by atoms with E-state index in [0.717, 1.165) is 77.3 Å². The molecular formula is C52H31IrN3O-2. The number of hydrogen-bond acceptors (Lipinski definition) is 3. The first-order valence-corrected chi connectivity index (χ1v) is 18.7. The Hall–Kier alpha value is -6.91. The van der Waals surface area contributed by atoms with Crippen LogP contribution in [0, 0.1) is 12.1 Å². The van der Waals surface area contributed by atoms with Crippen molar-refractivity contribution < 1.29 is 24.5 Å². The van der Waals surface area contributed by atoms with Crippen molar-refractivity contribution in [3.8, 4) is 22.6 Å². The third-order valence-electron chi connectivity index (χ3n) is 10.7. The van der Waals surface area contributed by atoms with E-state index in [0.29, 0.717) is 0 Å². The van der Waals surface area contributed by atoms with Gasteiger partial charge in [-0.2, -0.15) is 0 Å². The van der Waals surface area contributed by atoms with Crippen LogP contribution in [0.3, 0.4) is 0 Å². The molecular weight excluding hydrogens is 875 g/mol. The summed E-state index contributed by atoms with van der Waals surface area (Å²) in [5.41, 5.74) is 7.59. The molecule has 0 atom stereocenters. The van der Waals surface area contributed by atoms with Gasteiger partial charge in [-0.1, -0.05) is 126 Å². The van der Waals surface area contributed by atoms with Crippen molar-refractivity contribution in [1.29, 1.82) is 0 Å². The fourth-order valence-corrected chi connectivity index (χ4v) is 8.22. The zero-order valence-electron chi connectivity index (χ0n) is 30.5. The van der Waals surface area contributed by atoms with Gasteiger partial charge in [-0.05, 0) is 68.3 Å². The second-order valence-corrected chi connectivity index (χ2v) is 13.9. The van der Waals surface area contributed by atoms with Gasteiger partial charge in [0.25, 0.3) is 0 Å².